The molecule has 0 aromatic carbocycles. The van der Waals surface area contributed by atoms with Gasteiger partial charge in [-0.15, -0.1) is 0 Å². The minimum Gasteiger partial charge on any atom is -0.412 e. The van der Waals surface area contributed by atoms with Crippen LogP contribution < -0.4 is 21.3 Å². The molecule has 0 aromatic heterocycles. The maximum absolute atomic E-state index is 4.67. The van der Waals surface area contributed by atoms with Gasteiger partial charge in [0.05, 0.1) is 0 Å². The molecule has 137 valence electrons. The van der Waals surface area contributed by atoms with Gasteiger partial charge in [-0.1, -0.05) is 17.3 Å². The fourth-order valence-corrected chi connectivity index (χ4v) is 2.12. The van der Waals surface area contributed by atoms with Crippen molar-refractivity contribution in [3.8, 4) is 0 Å². The van der Waals surface area contributed by atoms with Crippen molar-refractivity contribution in [2.75, 3.05) is 13.1 Å². The summed E-state index contributed by atoms with van der Waals surface area (Å²) in [6, 6.07) is 0.335. The van der Waals surface area contributed by atoms with Gasteiger partial charge in [0.2, 0.25) is 0 Å². The van der Waals surface area contributed by atoms with Gasteiger partial charge in [0.25, 0.3) is 0 Å². The molecule has 1 radical (unpaired) electrons. The molecule has 0 aliphatic heterocycles. The molecule has 0 bridgehead atoms. The van der Waals surface area contributed by atoms with E-state index < -0.39 is 0 Å². The summed E-state index contributed by atoms with van der Waals surface area (Å²) in [5.74, 6) is 0. The molecule has 4 N–H and O–H groups in total. The summed E-state index contributed by atoms with van der Waals surface area (Å²) in [5.41, 5.74) is 0. The van der Waals surface area contributed by atoms with E-state index in [1.54, 1.807) is 0 Å². The molecular weight excluding hydrogens is 562 g/mol. The van der Waals surface area contributed by atoms with Crippen LogP contribution in [0.15, 0.2) is 0 Å². The minimum atomic E-state index is 0. The number of hydrogen-bond acceptors (Lipinski definition) is 8. The third-order valence-electron chi connectivity index (χ3n) is 1.83. The molecule has 0 saturated carbocycles. The van der Waals surface area contributed by atoms with E-state index in [1.807, 2.05) is 13.8 Å². The number of thiocarbonyl (C=S) groups is 4. The van der Waals surface area contributed by atoms with Gasteiger partial charge < -0.3 is 121 Å². The maximum atomic E-state index is 4.67. The molecule has 0 heterocycles. The Morgan fingerprint density at radius 2 is 0.958 bits per heavy atom. The molecule has 24 heavy (non-hydrogen) atoms. The normalized spacial score (nSPS) is 10.8. The van der Waals surface area contributed by atoms with Crippen LogP contribution in [-0.2, 0) is 87.1 Å². The van der Waals surface area contributed by atoms with Crippen LogP contribution in [0.2, 0.25) is 0 Å². The maximum Gasteiger partial charge on any atom is 2.00 e. The van der Waals surface area contributed by atoms with Crippen molar-refractivity contribution in [2.45, 2.75) is 25.9 Å². The first kappa shape index (κ1) is 33.2. The molecule has 0 aromatic rings. The number of nitrogens with one attached hydrogen (secondary N) is 4. The van der Waals surface area contributed by atoms with Crippen LogP contribution in [-0.4, -0.2) is 42.5 Å². The monoisotopic (exact) mass is 575 g/mol. The van der Waals surface area contributed by atoms with Crippen molar-refractivity contribution in [3.63, 3.8) is 0 Å². The molecule has 0 aliphatic rings. The van der Waals surface area contributed by atoms with E-state index in [2.05, 4.69) is 121 Å². The second kappa shape index (κ2) is 20.9. The standard InChI is InChI=1S/2C5H10N2S4.Cu.Zn/c2*1-3(7-5(10)11)2-6-4(8)9;;/h2*3H,2H2,1H3,(H2,6,8,9)(H2,7,10,11);;/q;;2*+2/p-4. The SMILES string of the molecule is CC(CNC(=S)[S-])NC(=S)[S-].CC(CNC(=S)[S-])NC(=S)[S-].[Cu+2].[Zn+2]. The predicted molar refractivity (Wildman–Crippen MR) is 121 cm³/mol. The van der Waals surface area contributed by atoms with Crippen LogP contribution >= 0.6 is 48.9 Å². The zero-order valence-corrected chi connectivity index (χ0v) is 23.3. The van der Waals surface area contributed by atoms with E-state index in [-0.39, 0.29) is 48.6 Å². The Kier molecular flexibility index (Phi) is 28.9. The van der Waals surface area contributed by atoms with E-state index in [0.29, 0.717) is 30.4 Å². The summed E-state index contributed by atoms with van der Waals surface area (Å²) in [6.07, 6.45) is 0. The fourth-order valence-electron chi connectivity index (χ4n) is 0.977. The number of rotatable bonds is 6. The Balaban J connectivity index is -0.000000154. The molecule has 0 fully saturated rings. The Hall–Kier alpha value is 1.58. The van der Waals surface area contributed by atoms with Crippen molar-refractivity contribution in [3.05, 3.63) is 0 Å². The van der Waals surface area contributed by atoms with Gasteiger partial charge in [-0.25, -0.2) is 0 Å². The Bertz CT molecular complexity index is 365. The molecule has 0 amide bonds. The molecule has 0 spiro atoms. The first-order chi connectivity index (χ1) is 10.0. The van der Waals surface area contributed by atoms with Crippen LogP contribution in [0.3, 0.4) is 0 Å². The quantitative estimate of drug-likeness (QED) is 0.201. The van der Waals surface area contributed by atoms with Gasteiger partial charge in [-0.2, -0.15) is 0 Å². The summed E-state index contributed by atoms with van der Waals surface area (Å²) in [7, 11) is 0. The Labute approximate surface area is 211 Å². The second-order valence-electron chi connectivity index (χ2n) is 4.00. The van der Waals surface area contributed by atoms with E-state index in [0.717, 1.165) is 0 Å². The zero-order valence-electron chi connectivity index (χ0n) is 12.8. The number of hydrogen-bond donors (Lipinski definition) is 4. The fraction of sp³-hybridized carbons (Fsp3) is 0.600. The zero-order chi connectivity index (χ0) is 17.7. The molecule has 4 nitrogen and oxygen atoms in total. The molecular formula is C10H16CuN4S8Zn. The van der Waals surface area contributed by atoms with Gasteiger partial charge >= 0.3 is 36.5 Å². The topological polar surface area (TPSA) is 48.1 Å². The first-order valence-corrected chi connectivity index (χ1v) is 9.15. The van der Waals surface area contributed by atoms with Gasteiger partial charge in [0, 0.05) is 25.2 Å². The van der Waals surface area contributed by atoms with Gasteiger partial charge in [-0.05, 0) is 13.8 Å². The summed E-state index contributed by atoms with van der Waals surface area (Å²) in [6.45, 7) is 5.19. The average Bonchev–Trinajstić information content (AvgIpc) is 2.33. The summed E-state index contributed by atoms with van der Waals surface area (Å²) in [5, 5.41) is 11.4. The van der Waals surface area contributed by atoms with E-state index in [4.69, 9.17) is 0 Å². The predicted octanol–water partition coefficient (Wildman–Crippen LogP) is 0.430. The molecule has 14 heteroatoms. The average molecular weight is 578 g/mol. The van der Waals surface area contributed by atoms with Crippen molar-refractivity contribution >= 4 is 117 Å². The Morgan fingerprint density at radius 3 is 1.12 bits per heavy atom. The van der Waals surface area contributed by atoms with Gasteiger partial charge in [0.15, 0.2) is 0 Å². The van der Waals surface area contributed by atoms with E-state index in [1.165, 1.54) is 0 Å². The summed E-state index contributed by atoms with van der Waals surface area (Å²) >= 11 is 37.3. The van der Waals surface area contributed by atoms with Crippen LogP contribution in [0, 0.1) is 0 Å². The minimum absolute atomic E-state index is 0. The molecule has 0 aliphatic carbocycles. The van der Waals surface area contributed by atoms with Crippen LogP contribution in [0.25, 0.3) is 0 Å². The smallest absolute Gasteiger partial charge is 0.412 e. The van der Waals surface area contributed by atoms with Crippen molar-refractivity contribution in [1.29, 1.82) is 0 Å². The second-order valence-corrected chi connectivity index (χ2v) is 8.30. The van der Waals surface area contributed by atoms with Crippen LogP contribution in [0.1, 0.15) is 13.8 Å². The van der Waals surface area contributed by atoms with Crippen LogP contribution in [0.4, 0.5) is 0 Å². The summed E-state index contributed by atoms with van der Waals surface area (Å²) in [4.78, 5) is 0. The first-order valence-electron chi connectivity index (χ1n) is 5.89. The third-order valence-corrected chi connectivity index (χ3v) is 2.88. The van der Waals surface area contributed by atoms with E-state index in [9.17, 15) is 0 Å². The summed E-state index contributed by atoms with van der Waals surface area (Å²) < 4.78 is 1.48. The van der Waals surface area contributed by atoms with Crippen LogP contribution in [0.5, 0.6) is 0 Å². The Morgan fingerprint density at radius 1 is 0.708 bits per heavy atom. The van der Waals surface area contributed by atoms with Gasteiger partial charge in [0.1, 0.15) is 0 Å². The third kappa shape index (κ3) is 31.4. The van der Waals surface area contributed by atoms with E-state index >= 15 is 0 Å². The molecule has 0 rings (SSSR count). The van der Waals surface area contributed by atoms with Crippen molar-refractivity contribution < 1.29 is 36.5 Å². The molecule has 0 saturated heterocycles. The largest absolute Gasteiger partial charge is 2.00 e. The molecule has 2 atom stereocenters. The van der Waals surface area contributed by atoms with Crippen molar-refractivity contribution in [2.24, 2.45) is 0 Å². The van der Waals surface area contributed by atoms with Gasteiger partial charge in [-0.3, -0.25) is 0 Å². The molecule has 2 unspecified atom stereocenters. The van der Waals surface area contributed by atoms with Crippen molar-refractivity contribution in [1.82, 2.24) is 21.3 Å².